The van der Waals surface area contributed by atoms with E-state index in [1.165, 1.54) is 5.56 Å². The smallest absolute Gasteiger partial charge is 0.229 e. The summed E-state index contributed by atoms with van der Waals surface area (Å²) < 4.78 is 0. The predicted octanol–water partition coefficient (Wildman–Crippen LogP) is 2.64. The molecule has 1 aliphatic heterocycles. The lowest BCUT2D eigenvalue weighted by Gasteiger charge is -2.34. The highest BCUT2D eigenvalue weighted by Gasteiger charge is 2.30. The number of aryl methyl sites for hydroxylation is 2. The maximum Gasteiger partial charge on any atom is 0.229 e. The molecule has 2 aliphatic rings. The molecule has 0 radical (unpaired) electrons. The molecule has 1 saturated heterocycles. The van der Waals surface area contributed by atoms with Gasteiger partial charge in [0.25, 0.3) is 0 Å². The third kappa shape index (κ3) is 3.94. The fourth-order valence-corrected chi connectivity index (χ4v) is 4.17. The van der Waals surface area contributed by atoms with E-state index in [-0.39, 0.29) is 17.9 Å². The summed E-state index contributed by atoms with van der Waals surface area (Å²) in [5, 5.41) is 3.29. The first-order chi connectivity index (χ1) is 13.2. The van der Waals surface area contributed by atoms with Crippen molar-refractivity contribution >= 4 is 11.7 Å². The summed E-state index contributed by atoms with van der Waals surface area (Å²) in [5.74, 6) is 1.04. The number of hydrogen-bond acceptors (Lipinski definition) is 5. The molecule has 6 heteroatoms. The van der Waals surface area contributed by atoms with Crippen molar-refractivity contribution in [1.82, 2.24) is 20.3 Å². The summed E-state index contributed by atoms with van der Waals surface area (Å²) in [6, 6.07) is 6.37. The van der Waals surface area contributed by atoms with E-state index >= 15 is 0 Å². The molecular weight excluding hydrogens is 338 g/mol. The van der Waals surface area contributed by atoms with Gasteiger partial charge in [0.05, 0.1) is 11.6 Å². The van der Waals surface area contributed by atoms with Crippen LogP contribution in [0.25, 0.3) is 0 Å². The van der Waals surface area contributed by atoms with Crippen LogP contribution in [0.1, 0.15) is 55.5 Å². The number of carbonyl (C=O) groups is 1. The van der Waals surface area contributed by atoms with Crippen LogP contribution in [0.3, 0.4) is 0 Å². The Balaban J connectivity index is 1.35. The predicted molar refractivity (Wildman–Crippen MR) is 105 cm³/mol. The number of nitrogens with zero attached hydrogens (tertiary/aromatic N) is 4. The maximum absolute atomic E-state index is 12.9. The second-order valence-electron chi connectivity index (χ2n) is 7.48. The molecule has 0 aromatic carbocycles. The standard InChI is InChI=1S/C21H27N5O/c1-2-16-13-19(24-14-23-16)26-11-8-17(9-12-26)25-21(27)18-7-3-5-15-6-4-10-22-20(15)18/h4,6,10,13-14,17-18H,2-3,5,7-9,11-12H2,1H3,(H,25,27). The molecule has 1 N–H and O–H groups in total. The van der Waals surface area contributed by atoms with E-state index in [1.807, 2.05) is 6.07 Å². The Bertz CT molecular complexity index is 801. The fourth-order valence-electron chi connectivity index (χ4n) is 4.17. The minimum Gasteiger partial charge on any atom is -0.356 e. The quantitative estimate of drug-likeness (QED) is 0.902. The molecular formula is C21H27N5O. The van der Waals surface area contributed by atoms with E-state index in [9.17, 15) is 4.79 Å². The SMILES string of the molecule is CCc1cc(N2CCC(NC(=O)C3CCCc4cccnc43)CC2)ncn1. The molecule has 1 atom stereocenters. The molecule has 6 nitrogen and oxygen atoms in total. The molecule has 0 spiro atoms. The van der Waals surface area contributed by atoms with Gasteiger partial charge in [0, 0.05) is 37.1 Å². The Morgan fingerprint density at radius 3 is 2.89 bits per heavy atom. The van der Waals surface area contributed by atoms with Crippen LogP contribution >= 0.6 is 0 Å². The van der Waals surface area contributed by atoms with Gasteiger partial charge in [-0.2, -0.15) is 0 Å². The first-order valence-corrected chi connectivity index (χ1v) is 10.0. The van der Waals surface area contributed by atoms with Crippen molar-refractivity contribution in [2.75, 3.05) is 18.0 Å². The summed E-state index contributed by atoms with van der Waals surface area (Å²) in [6.45, 7) is 3.92. The van der Waals surface area contributed by atoms with Crippen LogP contribution in [0.4, 0.5) is 5.82 Å². The van der Waals surface area contributed by atoms with Gasteiger partial charge in [-0.1, -0.05) is 13.0 Å². The van der Waals surface area contributed by atoms with Crippen LogP contribution in [0.2, 0.25) is 0 Å². The number of fused-ring (bicyclic) bond motifs is 1. The monoisotopic (exact) mass is 365 g/mol. The lowest BCUT2D eigenvalue weighted by Crippen LogP contribution is -2.46. The van der Waals surface area contributed by atoms with E-state index in [0.29, 0.717) is 0 Å². The lowest BCUT2D eigenvalue weighted by molar-refractivity contribution is -0.123. The van der Waals surface area contributed by atoms with Crippen LogP contribution in [0, 0.1) is 0 Å². The first-order valence-electron chi connectivity index (χ1n) is 10.0. The Morgan fingerprint density at radius 1 is 1.22 bits per heavy atom. The molecule has 3 heterocycles. The second-order valence-corrected chi connectivity index (χ2v) is 7.48. The van der Waals surface area contributed by atoms with Gasteiger partial charge >= 0.3 is 0 Å². The first kappa shape index (κ1) is 17.9. The van der Waals surface area contributed by atoms with Gasteiger partial charge in [-0.05, 0) is 50.2 Å². The van der Waals surface area contributed by atoms with Gasteiger partial charge in [0.15, 0.2) is 0 Å². The van der Waals surface area contributed by atoms with Crippen molar-refractivity contribution < 1.29 is 4.79 Å². The summed E-state index contributed by atoms with van der Waals surface area (Å²) in [6.07, 6.45) is 9.24. The van der Waals surface area contributed by atoms with Gasteiger partial charge in [-0.3, -0.25) is 9.78 Å². The average Bonchev–Trinajstić information content (AvgIpc) is 2.74. The maximum atomic E-state index is 12.9. The highest BCUT2D eigenvalue weighted by Crippen LogP contribution is 2.30. The van der Waals surface area contributed by atoms with Gasteiger partial charge in [-0.15, -0.1) is 0 Å². The summed E-state index contributed by atoms with van der Waals surface area (Å²) in [4.78, 5) is 28.4. The number of rotatable bonds is 4. The Labute approximate surface area is 160 Å². The number of piperidine rings is 1. The minimum absolute atomic E-state index is 0.0954. The van der Waals surface area contributed by atoms with Crippen LogP contribution in [-0.2, 0) is 17.6 Å². The second kappa shape index (κ2) is 8.03. The number of anilines is 1. The molecule has 27 heavy (non-hydrogen) atoms. The third-order valence-electron chi connectivity index (χ3n) is 5.75. The normalized spacial score (nSPS) is 20.2. The molecule has 1 amide bonds. The van der Waals surface area contributed by atoms with Crippen LogP contribution in [0.5, 0.6) is 0 Å². The summed E-state index contributed by atoms with van der Waals surface area (Å²) >= 11 is 0. The molecule has 4 rings (SSSR count). The van der Waals surface area contributed by atoms with Gasteiger partial charge in [-0.25, -0.2) is 9.97 Å². The molecule has 1 unspecified atom stereocenters. The molecule has 1 aliphatic carbocycles. The number of aromatic nitrogens is 3. The molecule has 0 saturated carbocycles. The lowest BCUT2D eigenvalue weighted by atomic mass is 9.85. The van der Waals surface area contributed by atoms with Gasteiger partial charge < -0.3 is 10.2 Å². The van der Waals surface area contributed by atoms with Crippen LogP contribution in [-0.4, -0.2) is 40.0 Å². The Hall–Kier alpha value is -2.50. The van der Waals surface area contributed by atoms with Gasteiger partial charge in [0.1, 0.15) is 12.1 Å². The number of pyridine rings is 1. The summed E-state index contributed by atoms with van der Waals surface area (Å²) in [5.41, 5.74) is 3.28. The zero-order valence-corrected chi connectivity index (χ0v) is 15.9. The van der Waals surface area contributed by atoms with E-state index in [1.54, 1.807) is 12.5 Å². The topological polar surface area (TPSA) is 71.0 Å². The van der Waals surface area contributed by atoms with Crippen molar-refractivity contribution in [3.05, 3.63) is 47.7 Å². The average molecular weight is 365 g/mol. The molecule has 2 aromatic rings. The highest BCUT2D eigenvalue weighted by atomic mass is 16.2. The van der Waals surface area contributed by atoms with Crippen molar-refractivity contribution in [3.8, 4) is 0 Å². The zero-order valence-electron chi connectivity index (χ0n) is 15.9. The van der Waals surface area contributed by atoms with Crippen LogP contribution in [0.15, 0.2) is 30.7 Å². The van der Waals surface area contributed by atoms with Crippen molar-refractivity contribution in [1.29, 1.82) is 0 Å². The largest absolute Gasteiger partial charge is 0.356 e. The Kier molecular flexibility index (Phi) is 5.32. The van der Waals surface area contributed by atoms with Gasteiger partial charge in [0.2, 0.25) is 5.91 Å². The number of hydrogen-bond donors (Lipinski definition) is 1. The molecule has 1 fully saturated rings. The molecule has 0 bridgehead atoms. The number of amides is 1. The highest BCUT2D eigenvalue weighted by molar-refractivity contribution is 5.84. The minimum atomic E-state index is -0.0954. The molecule has 2 aromatic heterocycles. The zero-order chi connectivity index (χ0) is 18.6. The van der Waals surface area contributed by atoms with E-state index < -0.39 is 0 Å². The molecule has 142 valence electrons. The number of nitrogens with one attached hydrogen (secondary N) is 1. The van der Waals surface area contributed by atoms with E-state index in [4.69, 9.17) is 0 Å². The van der Waals surface area contributed by atoms with Crippen molar-refractivity contribution in [2.45, 2.75) is 57.4 Å². The van der Waals surface area contributed by atoms with Crippen molar-refractivity contribution in [3.63, 3.8) is 0 Å². The van der Waals surface area contributed by atoms with E-state index in [0.717, 1.165) is 68.8 Å². The number of carbonyl (C=O) groups excluding carboxylic acids is 1. The summed E-state index contributed by atoms with van der Waals surface area (Å²) in [7, 11) is 0. The fraction of sp³-hybridized carbons (Fsp3) is 0.524. The Morgan fingerprint density at radius 2 is 2.07 bits per heavy atom. The van der Waals surface area contributed by atoms with Crippen molar-refractivity contribution in [2.24, 2.45) is 0 Å². The third-order valence-corrected chi connectivity index (χ3v) is 5.75. The van der Waals surface area contributed by atoms with Crippen LogP contribution < -0.4 is 10.2 Å². The van der Waals surface area contributed by atoms with E-state index in [2.05, 4.69) is 44.2 Å².